The molecule has 16 heavy (non-hydrogen) atoms. The average molecular weight is 337 g/mol. The number of nitrogens with zero attached hydrogens (tertiary/aromatic N) is 3. The lowest BCUT2D eigenvalue weighted by Gasteiger charge is -2.36. The number of likely N-dealkylation sites (N-methyl/N-ethyl adjacent to an activating group) is 1. The van der Waals surface area contributed by atoms with Crippen LogP contribution in [-0.2, 0) is 4.79 Å². The smallest absolute Gasteiger partial charge is 0.225 e. The molecule has 2 saturated heterocycles. The Morgan fingerprint density at radius 3 is 2.19 bits per heavy atom. The number of rotatable bonds is 1. The van der Waals surface area contributed by atoms with Gasteiger partial charge in [-0.2, -0.15) is 0 Å². The summed E-state index contributed by atoms with van der Waals surface area (Å²) in [6.45, 7) is 6.00. The van der Waals surface area contributed by atoms with E-state index in [1.165, 1.54) is 0 Å². The zero-order valence-electron chi connectivity index (χ0n) is 9.86. The summed E-state index contributed by atoms with van der Waals surface area (Å²) in [7, 11) is 2.12. The standard InChI is InChI=1S/C11H20IN3O/c1-13-6-8-14(9-7-13)11(16)10-2-4-15(12)5-3-10/h10H,2-9H2,1H3. The third-order valence-corrected chi connectivity index (χ3v) is 4.57. The molecule has 0 aromatic rings. The van der Waals surface area contributed by atoms with Crippen molar-refractivity contribution in [1.82, 2.24) is 12.9 Å². The van der Waals surface area contributed by atoms with Gasteiger partial charge in [0.1, 0.15) is 0 Å². The summed E-state index contributed by atoms with van der Waals surface area (Å²) in [5.74, 6) is 0.687. The summed E-state index contributed by atoms with van der Waals surface area (Å²) in [6, 6.07) is 0. The molecule has 5 heteroatoms. The molecule has 4 nitrogen and oxygen atoms in total. The van der Waals surface area contributed by atoms with Crippen molar-refractivity contribution in [3.8, 4) is 0 Å². The first-order valence-electron chi connectivity index (χ1n) is 6.05. The highest BCUT2D eigenvalue weighted by Crippen LogP contribution is 2.22. The van der Waals surface area contributed by atoms with Crippen molar-refractivity contribution in [1.29, 1.82) is 0 Å². The van der Waals surface area contributed by atoms with Crippen molar-refractivity contribution < 1.29 is 4.79 Å². The van der Waals surface area contributed by atoms with E-state index in [1.807, 2.05) is 0 Å². The lowest BCUT2D eigenvalue weighted by molar-refractivity contribution is -0.138. The van der Waals surface area contributed by atoms with Crippen molar-refractivity contribution in [3.63, 3.8) is 0 Å². The molecule has 92 valence electrons. The molecule has 0 atom stereocenters. The van der Waals surface area contributed by atoms with E-state index in [2.05, 4.69) is 42.8 Å². The SMILES string of the molecule is CN1CCN(C(=O)C2CCN(I)CC2)CC1. The van der Waals surface area contributed by atoms with Crippen molar-refractivity contribution >= 4 is 28.8 Å². The van der Waals surface area contributed by atoms with Gasteiger partial charge in [0.15, 0.2) is 0 Å². The van der Waals surface area contributed by atoms with Gasteiger partial charge in [-0.15, -0.1) is 0 Å². The van der Waals surface area contributed by atoms with Crippen LogP contribution in [0.2, 0.25) is 0 Å². The van der Waals surface area contributed by atoms with E-state index >= 15 is 0 Å². The maximum absolute atomic E-state index is 12.3. The number of piperazine rings is 1. The quantitative estimate of drug-likeness (QED) is 0.524. The zero-order chi connectivity index (χ0) is 11.5. The van der Waals surface area contributed by atoms with Crippen LogP contribution in [0.15, 0.2) is 0 Å². The summed E-state index contributed by atoms with van der Waals surface area (Å²) in [6.07, 6.45) is 2.07. The second-order valence-electron chi connectivity index (χ2n) is 4.81. The van der Waals surface area contributed by atoms with Crippen molar-refractivity contribution in [3.05, 3.63) is 0 Å². The van der Waals surface area contributed by atoms with Gasteiger partial charge in [0.2, 0.25) is 5.91 Å². The molecule has 0 N–H and O–H groups in total. The molecule has 0 aliphatic carbocycles. The molecule has 2 rings (SSSR count). The normalized spacial score (nSPS) is 26.0. The van der Waals surface area contributed by atoms with Crippen LogP contribution in [0.4, 0.5) is 0 Å². The van der Waals surface area contributed by atoms with Crippen molar-refractivity contribution in [2.75, 3.05) is 46.3 Å². The van der Waals surface area contributed by atoms with Crippen LogP contribution in [0, 0.1) is 5.92 Å². The number of halogens is 1. The summed E-state index contributed by atoms with van der Waals surface area (Å²) in [5, 5.41) is 0. The molecule has 1 amide bonds. The Kier molecular flexibility index (Phi) is 4.43. The van der Waals surface area contributed by atoms with Gasteiger partial charge in [-0.1, -0.05) is 0 Å². The van der Waals surface area contributed by atoms with Gasteiger partial charge in [-0.3, -0.25) is 4.79 Å². The van der Waals surface area contributed by atoms with E-state index in [4.69, 9.17) is 0 Å². The maximum atomic E-state index is 12.3. The minimum atomic E-state index is 0.287. The first-order valence-corrected chi connectivity index (χ1v) is 7.01. The fraction of sp³-hybridized carbons (Fsp3) is 0.909. The molecule has 0 saturated carbocycles. The van der Waals surface area contributed by atoms with E-state index < -0.39 is 0 Å². The fourth-order valence-corrected chi connectivity index (χ4v) is 2.94. The molecular weight excluding hydrogens is 317 g/mol. The van der Waals surface area contributed by atoms with Gasteiger partial charge in [-0.05, 0) is 19.9 Å². The van der Waals surface area contributed by atoms with Crippen LogP contribution in [0.5, 0.6) is 0 Å². The molecule has 0 aromatic carbocycles. The molecule has 0 spiro atoms. The molecule has 2 fully saturated rings. The highest BCUT2D eigenvalue weighted by molar-refractivity contribution is 14.1. The second kappa shape index (κ2) is 5.64. The lowest BCUT2D eigenvalue weighted by atomic mass is 9.96. The first-order chi connectivity index (χ1) is 7.66. The summed E-state index contributed by atoms with van der Waals surface area (Å²) >= 11 is 2.35. The van der Waals surface area contributed by atoms with Gasteiger partial charge in [0.25, 0.3) is 0 Å². The van der Waals surface area contributed by atoms with Gasteiger partial charge >= 0.3 is 0 Å². The Labute approximate surface area is 111 Å². The van der Waals surface area contributed by atoms with E-state index in [0.717, 1.165) is 52.1 Å². The topological polar surface area (TPSA) is 26.8 Å². The number of piperidine rings is 1. The Morgan fingerprint density at radius 2 is 1.62 bits per heavy atom. The zero-order valence-corrected chi connectivity index (χ0v) is 12.0. The number of carbonyl (C=O) groups is 1. The number of hydrogen-bond donors (Lipinski definition) is 0. The van der Waals surface area contributed by atoms with Crippen molar-refractivity contribution in [2.24, 2.45) is 5.92 Å². The van der Waals surface area contributed by atoms with Crippen LogP contribution < -0.4 is 0 Å². The lowest BCUT2D eigenvalue weighted by Crippen LogP contribution is -2.50. The Hall–Kier alpha value is 0.120. The predicted molar refractivity (Wildman–Crippen MR) is 72.4 cm³/mol. The average Bonchev–Trinajstić information content (AvgIpc) is 2.30. The van der Waals surface area contributed by atoms with Gasteiger partial charge in [0.05, 0.1) is 0 Å². The summed E-state index contributed by atoms with van der Waals surface area (Å²) < 4.78 is 2.28. The molecule has 0 unspecified atom stereocenters. The molecule has 0 bridgehead atoms. The van der Waals surface area contributed by atoms with E-state index in [-0.39, 0.29) is 5.92 Å². The van der Waals surface area contributed by atoms with Crippen LogP contribution in [0.3, 0.4) is 0 Å². The van der Waals surface area contributed by atoms with Crippen molar-refractivity contribution in [2.45, 2.75) is 12.8 Å². The third kappa shape index (κ3) is 3.07. The minimum absolute atomic E-state index is 0.287. The number of amides is 1. The van der Waals surface area contributed by atoms with E-state index in [0.29, 0.717) is 5.91 Å². The molecular formula is C11H20IN3O. The van der Waals surface area contributed by atoms with Crippen LogP contribution in [0.1, 0.15) is 12.8 Å². The third-order valence-electron chi connectivity index (χ3n) is 3.60. The molecule has 2 aliphatic heterocycles. The van der Waals surface area contributed by atoms with E-state index in [9.17, 15) is 4.79 Å². The fourth-order valence-electron chi connectivity index (χ4n) is 2.38. The largest absolute Gasteiger partial charge is 0.340 e. The van der Waals surface area contributed by atoms with Crippen LogP contribution in [-0.4, -0.2) is 65.1 Å². The molecule has 0 aromatic heterocycles. The van der Waals surface area contributed by atoms with Gasteiger partial charge < -0.3 is 9.80 Å². The Balaban J connectivity index is 1.83. The Morgan fingerprint density at radius 1 is 1.06 bits per heavy atom. The monoisotopic (exact) mass is 337 g/mol. The number of carbonyl (C=O) groups excluding carboxylic acids is 1. The summed E-state index contributed by atoms with van der Waals surface area (Å²) in [4.78, 5) is 16.6. The van der Waals surface area contributed by atoms with E-state index in [1.54, 1.807) is 0 Å². The van der Waals surface area contributed by atoms with Gasteiger partial charge in [0, 0.05) is 68.1 Å². The Bertz CT molecular complexity index is 222. The molecule has 2 heterocycles. The van der Waals surface area contributed by atoms with Crippen LogP contribution >= 0.6 is 22.9 Å². The second-order valence-corrected chi connectivity index (χ2v) is 6.18. The van der Waals surface area contributed by atoms with Crippen LogP contribution in [0.25, 0.3) is 0 Å². The molecule has 2 aliphatic rings. The first kappa shape index (κ1) is 12.6. The molecule has 0 radical (unpaired) electrons. The summed E-state index contributed by atoms with van der Waals surface area (Å²) in [5.41, 5.74) is 0. The minimum Gasteiger partial charge on any atom is -0.340 e. The highest BCUT2D eigenvalue weighted by atomic mass is 127. The highest BCUT2D eigenvalue weighted by Gasteiger charge is 2.29. The number of hydrogen-bond acceptors (Lipinski definition) is 3. The maximum Gasteiger partial charge on any atom is 0.225 e. The predicted octanol–water partition coefficient (Wildman–Crippen LogP) is 0.822. The van der Waals surface area contributed by atoms with Gasteiger partial charge in [-0.25, -0.2) is 3.11 Å².